The molecule has 2 rings (SSSR count). The van der Waals surface area contributed by atoms with E-state index in [4.69, 9.17) is 15.2 Å². The third-order valence-electron chi connectivity index (χ3n) is 1.95. The Morgan fingerprint density at radius 3 is 3.15 bits per heavy atom. The van der Waals surface area contributed by atoms with Gasteiger partial charge in [-0.3, -0.25) is 0 Å². The average molecular weight is 179 g/mol. The number of carbonyl (C=O) groups is 1. The fourth-order valence-corrected chi connectivity index (χ4v) is 1.44. The van der Waals surface area contributed by atoms with Crippen LogP contribution in [-0.4, -0.2) is 6.09 Å². The summed E-state index contributed by atoms with van der Waals surface area (Å²) in [5, 5.41) is 0. The number of ether oxygens (including phenoxy) is 2. The van der Waals surface area contributed by atoms with Gasteiger partial charge in [-0.15, -0.1) is 0 Å². The molecule has 0 fully saturated rings. The summed E-state index contributed by atoms with van der Waals surface area (Å²) in [6.45, 7) is 0. The lowest BCUT2D eigenvalue weighted by atomic mass is 10.2. The van der Waals surface area contributed by atoms with E-state index in [1.807, 2.05) is 12.2 Å². The molecule has 68 valence electrons. The van der Waals surface area contributed by atoms with Gasteiger partial charge in [0.05, 0.1) is 6.26 Å². The van der Waals surface area contributed by atoms with Gasteiger partial charge in [-0.2, -0.15) is 0 Å². The highest BCUT2D eigenvalue weighted by Crippen LogP contribution is 2.34. The summed E-state index contributed by atoms with van der Waals surface area (Å²) in [5.74, 6) is 1.17. The van der Waals surface area contributed by atoms with Crippen molar-refractivity contribution >= 4 is 6.09 Å². The average Bonchev–Trinajstić information content (AvgIpc) is 2.48. The zero-order valence-corrected chi connectivity index (χ0v) is 6.95. The van der Waals surface area contributed by atoms with Gasteiger partial charge >= 0.3 is 6.09 Å². The number of rotatable bonds is 1. The molecule has 1 amide bonds. The quantitative estimate of drug-likeness (QED) is 0.664. The summed E-state index contributed by atoms with van der Waals surface area (Å²) in [6.07, 6.45) is 6.02. The van der Waals surface area contributed by atoms with Crippen molar-refractivity contribution in [2.75, 3.05) is 0 Å². The number of amides is 1. The Bertz CT molecular complexity index is 339. The predicted molar refractivity (Wildman–Crippen MR) is 45.2 cm³/mol. The molecule has 1 aliphatic heterocycles. The molecule has 0 bridgehead atoms. The molecular weight excluding hydrogens is 170 g/mol. The second-order valence-electron chi connectivity index (χ2n) is 2.81. The van der Waals surface area contributed by atoms with Crippen molar-refractivity contribution in [3.05, 3.63) is 35.5 Å². The Morgan fingerprint density at radius 2 is 2.38 bits per heavy atom. The van der Waals surface area contributed by atoms with Crippen LogP contribution in [0.4, 0.5) is 4.79 Å². The lowest BCUT2D eigenvalue weighted by Gasteiger charge is -2.08. The molecule has 13 heavy (non-hydrogen) atoms. The summed E-state index contributed by atoms with van der Waals surface area (Å²) in [7, 11) is 0. The first kappa shape index (κ1) is 7.91. The number of carbonyl (C=O) groups excluding carboxylic acids is 1. The molecule has 0 saturated heterocycles. The van der Waals surface area contributed by atoms with Gasteiger partial charge in [0.15, 0.2) is 11.5 Å². The molecule has 0 aromatic rings. The zero-order valence-electron chi connectivity index (χ0n) is 6.95. The topological polar surface area (TPSA) is 61.6 Å². The Balaban J connectivity index is 2.24. The SMILES string of the molecule is NC(=O)OC1=C2OC=CC=C2CC1. The predicted octanol–water partition coefficient (Wildman–Crippen LogP) is 1.56. The van der Waals surface area contributed by atoms with Crippen molar-refractivity contribution in [2.45, 2.75) is 12.8 Å². The third kappa shape index (κ3) is 1.42. The van der Waals surface area contributed by atoms with Crippen molar-refractivity contribution in [1.82, 2.24) is 0 Å². The van der Waals surface area contributed by atoms with Crippen LogP contribution in [0.5, 0.6) is 0 Å². The van der Waals surface area contributed by atoms with Crippen molar-refractivity contribution in [1.29, 1.82) is 0 Å². The maximum atomic E-state index is 10.5. The number of hydrogen-bond donors (Lipinski definition) is 1. The van der Waals surface area contributed by atoms with Crippen LogP contribution >= 0.6 is 0 Å². The largest absolute Gasteiger partial charge is 0.461 e. The molecule has 1 aliphatic carbocycles. The number of allylic oxidation sites excluding steroid dienone is 4. The van der Waals surface area contributed by atoms with Crippen LogP contribution in [0.25, 0.3) is 0 Å². The fraction of sp³-hybridized carbons (Fsp3) is 0.222. The van der Waals surface area contributed by atoms with Crippen molar-refractivity contribution in [2.24, 2.45) is 5.73 Å². The smallest absolute Gasteiger partial charge is 0.409 e. The molecule has 0 aromatic heterocycles. The van der Waals surface area contributed by atoms with Gasteiger partial charge in [-0.25, -0.2) is 4.79 Å². The van der Waals surface area contributed by atoms with Crippen LogP contribution in [-0.2, 0) is 9.47 Å². The molecule has 0 saturated carbocycles. The molecule has 1 heterocycles. The minimum atomic E-state index is -0.790. The Morgan fingerprint density at radius 1 is 1.54 bits per heavy atom. The number of nitrogens with two attached hydrogens (primary N) is 1. The molecule has 0 unspecified atom stereocenters. The van der Waals surface area contributed by atoms with Crippen LogP contribution in [0, 0.1) is 0 Å². The first-order valence-corrected chi connectivity index (χ1v) is 4.00. The van der Waals surface area contributed by atoms with Crippen molar-refractivity contribution in [3.8, 4) is 0 Å². The van der Waals surface area contributed by atoms with Gasteiger partial charge in [0.25, 0.3) is 0 Å². The molecule has 4 heteroatoms. The minimum Gasteiger partial charge on any atom is -0.461 e. The van der Waals surface area contributed by atoms with Gasteiger partial charge in [0.2, 0.25) is 0 Å². The highest BCUT2D eigenvalue weighted by Gasteiger charge is 2.24. The molecule has 0 radical (unpaired) electrons. The molecular formula is C9H9NO3. The standard InChI is InChI=1S/C9H9NO3/c10-9(11)13-7-4-3-6-2-1-5-12-8(6)7/h1-2,5H,3-4H2,(H2,10,11). The molecule has 0 atom stereocenters. The first-order chi connectivity index (χ1) is 6.27. The van der Waals surface area contributed by atoms with Crippen LogP contribution in [0.15, 0.2) is 35.5 Å². The number of primary amides is 1. The van der Waals surface area contributed by atoms with E-state index in [1.165, 1.54) is 0 Å². The molecule has 0 aromatic carbocycles. The summed E-state index contributed by atoms with van der Waals surface area (Å²) >= 11 is 0. The van der Waals surface area contributed by atoms with Crippen molar-refractivity contribution in [3.63, 3.8) is 0 Å². The second-order valence-corrected chi connectivity index (χ2v) is 2.81. The molecule has 4 nitrogen and oxygen atoms in total. The van der Waals surface area contributed by atoms with Gasteiger partial charge in [0.1, 0.15) is 0 Å². The monoisotopic (exact) mass is 179 g/mol. The zero-order chi connectivity index (χ0) is 9.26. The lowest BCUT2D eigenvalue weighted by molar-refractivity contribution is 0.179. The van der Waals surface area contributed by atoms with Crippen LogP contribution in [0.3, 0.4) is 0 Å². The summed E-state index contributed by atoms with van der Waals surface area (Å²) in [6, 6.07) is 0. The van der Waals surface area contributed by atoms with Gasteiger partial charge in [-0.1, -0.05) is 6.08 Å². The molecule has 2 N–H and O–H groups in total. The number of hydrogen-bond acceptors (Lipinski definition) is 3. The minimum absolute atomic E-state index is 0.531. The number of fused-ring (bicyclic) bond motifs is 1. The van der Waals surface area contributed by atoms with Gasteiger partial charge < -0.3 is 15.2 Å². The molecule has 0 spiro atoms. The maximum absolute atomic E-state index is 10.5. The van der Waals surface area contributed by atoms with Gasteiger partial charge in [-0.05, 0) is 18.1 Å². The van der Waals surface area contributed by atoms with E-state index in [0.29, 0.717) is 17.9 Å². The molecule has 2 aliphatic rings. The van der Waals surface area contributed by atoms with Crippen LogP contribution < -0.4 is 5.73 Å². The van der Waals surface area contributed by atoms with E-state index in [2.05, 4.69) is 0 Å². The third-order valence-corrected chi connectivity index (χ3v) is 1.95. The van der Waals surface area contributed by atoms with Crippen LogP contribution in [0.2, 0.25) is 0 Å². The maximum Gasteiger partial charge on any atom is 0.409 e. The normalized spacial score (nSPS) is 19.2. The van der Waals surface area contributed by atoms with E-state index in [9.17, 15) is 4.79 Å². The summed E-state index contributed by atoms with van der Waals surface area (Å²) < 4.78 is 10.0. The Labute approximate surface area is 75.3 Å². The summed E-state index contributed by atoms with van der Waals surface area (Å²) in [4.78, 5) is 10.5. The fourth-order valence-electron chi connectivity index (χ4n) is 1.44. The first-order valence-electron chi connectivity index (χ1n) is 4.00. The van der Waals surface area contributed by atoms with Crippen molar-refractivity contribution < 1.29 is 14.3 Å². The van der Waals surface area contributed by atoms with Gasteiger partial charge in [0, 0.05) is 6.42 Å². The van der Waals surface area contributed by atoms with E-state index in [1.54, 1.807) is 6.26 Å². The Hall–Kier alpha value is -1.71. The van der Waals surface area contributed by atoms with E-state index < -0.39 is 6.09 Å². The lowest BCUT2D eigenvalue weighted by Crippen LogP contribution is -2.12. The van der Waals surface area contributed by atoms with E-state index in [-0.39, 0.29) is 0 Å². The van der Waals surface area contributed by atoms with E-state index >= 15 is 0 Å². The highest BCUT2D eigenvalue weighted by atomic mass is 16.6. The van der Waals surface area contributed by atoms with Crippen LogP contribution in [0.1, 0.15) is 12.8 Å². The summed E-state index contributed by atoms with van der Waals surface area (Å²) in [5.41, 5.74) is 5.96. The second kappa shape index (κ2) is 2.97. The Kier molecular flexibility index (Phi) is 1.81. The van der Waals surface area contributed by atoms with E-state index in [0.717, 1.165) is 12.0 Å². The highest BCUT2D eigenvalue weighted by molar-refractivity contribution is 5.66.